The molecule has 7 heteroatoms. The number of amides is 3. The Balaban J connectivity index is 1.48. The van der Waals surface area contributed by atoms with Gasteiger partial charge in [0.25, 0.3) is 0 Å². The maximum atomic E-state index is 13.4. The molecule has 2 aliphatic rings. The van der Waals surface area contributed by atoms with Crippen LogP contribution in [0, 0.1) is 5.92 Å². The Kier molecular flexibility index (Phi) is 6.80. The second kappa shape index (κ2) is 9.73. The van der Waals surface area contributed by atoms with Gasteiger partial charge in [-0.25, -0.2) is 4.79 Å². The van der Waals surface area contributed by atoms with E-state index in [4.69, 9.17) is 4.74 Å². The molecule has 1 N–H and O–H groups in total. The Labute approximate surface area is 188 Å². The molecule has 0 radical (unpaired) electrons. The molecule has 166 valence electrons. The van der Waals surface area contributed by atoms with Crippen molar-refractivity contribution in [2.75, 3.05) is 26.2 Å². The molecule has 0 bridgehead atoms. The summed E-state index contributed by atoms with van der Waals surface area (Å²) >= 11 is 1.74. The molecular formula is C24H31N3O3S. The SMILES string of the molecule is CC(C)NC(=O)N(CC(=O)N1CCc2sccc2C1COc1ccccc1)CC1CC1. The van der Waals surface area contributed by atoms with Gasteiger partial charge in [-0.2, -0.15) is 0 Å². The summed E-state index contributed by atoms with van der Waals surface area (Å²) < 4.78 is 6.05. The predicted octanol–water partition coefficient (Wildman–Crippen LogP) is 4.08. The second-order valence-corrected chi connectivity index (χ2v) is 9.70. The summed E-state index contributed by atoms with van der Waals surface area (Å²) in [6, 6.07) is 11.5. The largest absolute Gasteiger partial charge is 0.491 e. The number of fused-ring (bicyclic) bond motifs is 1. The number of hydrogen-bond donors (Lipinski definition) is 1. The number of carbonyl (C=O) groups is 2. The first-order valence-electron chi connectivity index (χ1n) is 11.1. The van der Waals surface area contributed by atoms with Crippen molar-refractivity contribution in [3.63, 3.8) is 0 Å². The standard InChI is InChI=1S/C24H31N3O3S/c1-17(2)25-24(29)26(14-18-8-9-18)15-23(28)27-12-10-22-20(11-13-31-22)21(27)16-30-19-6-4-3-5-7-19/h3-7,11,13,17-18,21H,8-10,12,14-16H2,1-2H3,(H,25,29). The summed E-state index contributed by atoms with van der Waals surface area (Å²) in [6.45, 7) is 5.69. The average Bonchev–Trinajstić information content (AvgIpc) is 3.44. The van der Waals surface area contributed by atoms with Crippen LogP contribution < -0.4 is 10.1 Å². The van der Waals surface area contributed by atoms with Crippen LogP contribution in [0.15, 0.2) is 41.8 Å². The van der Waals surface area contributed by atoms with E-state index in [0.717, 1.165) is 25.0 Å². The maximum absolute atomic E-state index is 13.4. The van der Waals surface area contributed by atoms with E-state index in [-0.39, 0.29) is 30.6 Å². The van der Waals surface area contributed by atoms with Gasteiger partial charge in [-0.3, -0.25) is 4.79 Å². The number of benzene rings is 1. The van der Waals surface area contributed by atoms with Crippen LogP contribution >= 0.6 is 11.3 Å². The fraction of sp³-hybridized carbons (Fsp3) is 0.500. The lowest BCUT2D eigenvalue weighted by Crippen LogP contribution is -2.51. The van der Waals surface area contributed by atoms with Crippen LogP contribution in [-0.4, -0.2) is 54.0 Å². The van der Waals surface area contributed by atoms with Crippen LogP contribution in [0.2, 0.25) is 0 Å². The Hall–Kier alpha value is -2.54. The van der Waals surface area contributed by atoms with Crippen molar-refractivity contribution in [2.24, 2.45) is 5.92 Å². The van der Waals surface area contributed by atoms with Crippen LogP contribution in [0.25, 0.3) is 0 Å². The molecule has 1 aliphatic heterocycles. The Bertz CT molecular complexity index is 894. The number of para-hydroxylation sites is 1. The first-order valence-corrected chi connectivity index (χ1v) is 12.0. The maximum Gasteiger partial charge on any atom is 0.318 e. The van der Waals surface area contributed by atoms with Gasteiger partial charge in [-0.15, -0.1) is 11.3 Å². The molecule has 1 aromatic carbocycles. The zero-order valence-electron chi connectivity index (χ0n) is 18.3. The smallest absolute Gasteiger partial charge is 0.318 e. The van der Waals surface area contributed by atoms with Crippen molar-refractivity contribution in [1.82, 2.24) is 15.1 Å². The van der Waals surface area contributed by atoms with Gasteiger partial charge in [0.15, 0.2) is 0 Å². The summed E-state index contributed by atoms with van der Waals surface area (Å²) in [7, 11) is 0. The average molecular weight is 442 g/mol. The van der Waals surface area contributed by atoms with Crippen LogP contribution in [0.3, 0.4) is 0 Å². The quantitative estimate of drug-likeness (QED) is 0.671. The minimum atomic E-state index is -0.152. The van der Waals surface area contributed by atoms with Gasteiger partial charge < -0.3 is 19.9 Å². The molecule has 2 heterocycles. The third kappa shape index (κ3) is 5.58. The van der Waals surface area contributed by atoms with Crippen molar-refractivity contribution in [1.29, 1.82) is 0 Å². The molecule has 4 rings (SSSR count). The van der Waals surface area contributed by atoms with Crippen molar-refractivity contribution in [3.05, 3.63) is 52.2 Å². The van der Waals surface area contributed by atoms with Crippen LogP contribution in [0.1, 0.15) is 43.2 Å². The van der Waals surface area contributed by atoms with Crippen molar-refractivity contribution in [3.8, 4) is 5.75 Å². The summed E-state index contributed by atoms with van der Waals surface area (Å²) in [5, 5.41) is 5.03. The molecular weight excluding hydrogens is 410 g/mol. The third-order valence-electron chi connectivity index (χ3n) is 5.77. The van der Waals surface area contributed by atoms with E-state index in [9.17, 15) is 9.59 Å². The molecule has 1 aromatic heterocycles. The summed E-state index contributed by atoms with van der Waals surface area (Å²) in [4.78, 5) is 31.0. The van der Waals surface area contributed by atoms with E-state index in [1.807, 2.05) is 49.1 Å². The highest BCUT2D eigenvalue weighted by molar-refractivity contribution is 7.10. The normalized spacial score (nSPS) is 17.9. The topological polar surface area (TPSA) is 61.9 Å². The van der Waals surface area contributed by atoms with E-state index in [1.165, 1.54) is 10.4 Å². The number of nitrogens with zero attached hydrogens (tertiary/aromatic N) is 2. The summed E-state index contributed by atoms with van der Waals surface area (Å²) in [5.74, 6) is 1.30. The molecule has 1 atom stereocenters. The van der Waals surface area contributed by atoms with Gasteiger partial charge in [0.05, 0.1) is 6.04 Å². The minimum Gasteiger partial charge on any atom is -0.491 e. The van der Waals surface area contributed by atoms with Gasteiger partial charge in [0.2, 0.25) is 5.91 Å². The number of ether oxygens (including phenoxy) is 1. The van der Waals surface area contributed by atoms with Gasteiger partial charge in [-0.05, 0) is 68.2 Å². The minimum absolute atomic E-state index is 0.0157. The number of nitrogens with one attached hydrogen (secondary N) is 1. The van der Waals surface area contributed by atoms with E-state index in [2.05, 4.69) is 16.8 Å². The molecule has 0 spiro atoms. The van der Waals surface area contributed by atoms with Crippen LogP contribution in [-0.2, 0) is 11.2 Å². The number of hydrogen-bond acceptors (Lipinski definition) is 4. The van der Waals surface area contributed by atoms with E-state index < -0.39 is 0 Å². The first kappa shape index (κ1) is 21.7. The molecule has 2 aromatic rings. The molecule has 1 unspecified atom stereocenters. The number of thiophene rings is 1. The van der Waals surface area contributed by atoms with Crippen molar-refractivity contribution in [2.45, 2.75) is 45.2 Å². The van der Waals surface area contributed by atoms with E-state index in [1.54, 1.807) is 16.2 Å². The first-order chi connectivity index (χ1) is 15.0. The highest BCUT2D eigenvalue weighted by atomic mass is 32.1. The van der Waals surface area contributed by atoms with E-state index in [0.29, 0.717) is 25.6 Å². The highest BCUT2D eigenvalue weighted by Crippen LogP contribution is 2.34. The van der Waals surface area contributed by atoms with Crippen molar-refractivity contribution < 1.29 is 14.3 Å². The summed E-state index contributed by atoms with van der Waals surface area (Å²) in [6.07, 6.45) is 3.12. The Morgan fingerprint density at radius 1 is 1.23 bits per heavy atom. The molecule has 1 saturated carbocycles. The number of urea groups is 1. The fourth-order valence-electron chi connectivity index (χ4n) is 3.99. The molecule has 0 saturated heterocycles. The molecule has 3 amide bonds. The third-order valence-corrected chi connectivity index (χ3v) is 6.76. The molecule has 1 aliphatic carbocycles. The summed E-state index contributed by atoms with van der Waals surface area (Å²) in [5.41, 5.74) is 1.17. The van der Waals surface area contributed by atoms with Gasteiger partial charge in [0, 0.05) is 24.0 Å². The molecule has 31 heavy (non-hydrogen) atoms. The highest BCUT2D eigenvalue weighted by Gasteiger charge is 2.35. The lowest BCUT2D eigenvalue weighted by molar-refractivity contribution is -0.135. The lowest BCUT2D eigenvalue weighted by Gasteiger charge is -2.37. The Morgan fingerprint density at radius 3 is 2.71 bits per heavy atom. The monoisotopic (exact) mass is 441 g/mol. The second-order valence-electron chi connectivity index (χ2n) is 8.70. The van der Waals surface area contributed by atoms with Crippen molar-refractivity contribution >= 4 is 23.3 Å². The zero-order valence-corrected chi connectivity index (χ0v) is 19.1. The molecule has 1 fully saturated rings. The fourth-order valence-corrected chi connectivity index (χ4v) is 4.92. The van der Waals surface area contributed by atoms with Crippen LogP contribution in [0.4, 0.5) is 4.79 Å². The Morgan fingerprint density at radius 2 is 2.00 bits per heavy atom. The van der Waals surface area contributed by atoms with Gasteiger partial charge in [0.1, 0.15) is 18.9 Å². The molecule has 6 nitrogen and oxygen atoms in total. The number of carbonyl (C=O) groups excluding carboxylic acids is 2. The lowest BCUT2D eigenvalue weighted by atomic mass is 10.0. The number of rotatable bonds is 8. The van der Waals surface area contributed by atoms with E-state index >= 15 is 0 Å². The van der Waals surface area contributed by atoms with Gasteiger partial charge >= 0.3 is 6.03 Å². The van der Waals surface area contributed by atoms with Gasteiger partial charge in [-0.1, -0.05) is 18.2 Å². The zero-order chi connectivity index (χ0) is 21.8. The predicted molar refractivity (Wildman–Crippen MR) is 122 cm³/mol. The van der Waals surface area contributed by atoms with Crippen LogP contribution in [0.5, 0.6) is 5.75 Å².